The Morgan fingerprint density at radius 1 is 1.28 bits per heavy atom. The molecule has 0 aliphatic heterocycles. The number of phenols is 2. The minimum Gasteiger partial charge on any atom is -0.508 e. The minimum atomic E-state index is 0.182. The molecule has 0 aliphatic carbocycles. The van der Waals surface area contributed by atoms with E-state index >= 15 is 0 Å². The molecule has 0 heterocycles. The van der Waals surface area contributed by atoms with Gasteiger partial charge < -0.3 is 10.2 Å². The first-order valence-corrected chi connectivity index (χ1v) is 6.24. The third kappa shape index (κ3) is 4.28. The molecule has 0 amide bonds. The summed E-state index contributed by atoms with van der Waals surface area (Å²) in [5, 5.41) is 19.4. The van der Waals surface area contributed by atoms with Gasteiger partial charge in [-0.2, -0.15) is 0 Å². The molecule has 0 bridgehead atoms. The first-order valence-electron chi connectivity index (χ1n) is 6.24. The second-order valence-corrected chi connectivity index (χ2v) is 5.05. The third-order valence-electron chi connectivity index (χ3n) is 2.82. The van der Waals surface area contributed by atoms with Crippen molar-refractivity contribution in [2.75, 3.05) is 0 Å². The van der Waals surface area contributed by atoms with Crippen LogP contribution < -0.4 is 0 Å². The summed E-state index contributed by atoms with van der Waals surface area (Å²) in [5.74, 6) is 0.822. The normalized spacial score (nSPS) is 12.7. The average Bonchev–Trinajstić information content (AvgIpc) is 2.29. The fourth-order valence-electron chi connectivity index (χ4n) is 1.68. The Morgan fingerprint density at radius 2 is 1.94 bits per heavy atom. The van der Waals surface area contributed by atoms with Gasteiger partial charge in [0.15, 0.2) is 0 Å². The average molecular weight is 246 g/mol. The minimum absolute atomic E-state index is 0.182. The predicted octanol–water partition coefficient (Wildman–Crippen LogP) is 4.41. The highest BCUT2D eigenvalue weighted by molar-refractivity contribution is 5.61. The van der Waals surface area contributed by atoms with Gasteiger partial charge in [-0.15, -0.1) is 0 Å². The first kappa shape index (κ1) is 14.4. The van der Waals surface area contributed by atoms with Crippen molar-refractivity contribution in [3.8, 4) is 11.5 Å². The maximum Gasteiger partial charge on any atom is 0.125 e. The second-order valence-electron chi connectivity index (χ2n) is 5.05. The fourth-order valence-corrected chi connectivity index (χ4v) is 1.68. The van der Waals surface area contributed by atoms with Crippen LogP contribution in [0.5, 0.6) is 11.5 Å². The summed E-state index contributed by atoms with van der Waals surface area (Å²) >= 11 is 0. The van der Waals surface area contributed by atoms with Gasteiger partial charge in [0.25, 0.3) is 0 Å². The van der Waals surface area contributed by atoms with Crippen LogP contribution in [0.25, 0.3) is 6.08 Å². The largest absolute Gasteiger partial charge is 0.508 e. The smallest absolute Gasteiger partial charge is 0.125 e. The van der Waals surface area contributed by atoms with Gasteiger partial charge in [-0.1, -0.05) is 30.7 Å². The number of hydrogen-bond acceptors (Lipinski definition) is 2. The van der Waals surface area contributed by atoms with Crippen molar-refractivity contribution in [1.29, 1.82) is 0 Å². The van der Waals surface area contributed by atoms with Gasteiger partial charge in [0, 0.05) is 5.56 Å². The molecule has 1 rings (SSSR count). The van der Waals surface area contributed by atoms with E-state index < -0.39 is 0 Å². The third-order valence-corrected chi connectivity index (χ3v) is 2.82. The van der Waals surface area contributed by atoms with Crippen LogP contribution in [-0.4, -0.2) is 10.2 Å². The molecule has 0 saturated heterocycles. The zero-order valence-electron chi connectivity index (χ0n) is 11.6. The lowest BCUT2D eigenvalue weighted by molar-refractivity contribution is 0.455. The van der Waals surface area contributed by atoms with E-state index in [1.54, 1.807) is 19.1 Å². The number of aromatic hydroxyl groups is 2. The summed E-state index contributed by atoms with van der Waals surface area (Å²) in [6.45, 7) is 8.07. The lowest BCUT2D eigenvalue weighted by Gasteiger charge is -2.06. The van der Waals surface area contributed by atoms with E-state index in [0.717, 1.165) is 6.42 Å². The van der Waals surface area contributed by atoms with Crippen LogP contribution in [0.3, 0.4) is 0 Å². The van der Waals surface area contributed by atoms with Crippen LogP contribution in [0.15, 0.2) is 29.9 Å². The van der Waals surface area contributed by atoms with E-state index in [2.05, 4.69) is 26.8 Å². The van der Waals surface area contributed by atoms with E-state index in [-0.39, 0.29) is 11.5 Å². The lowest BCUT2D eigenvalue weighted by atomic mass is 10.0. The highest BCUT2D eigenvalue weighted by Gasteiger charge is 2.04. The molecule has 2 heteroatoms. The van der Waals surface area contributed by atoms with E-state index in [1.807, 2.05) is 12.2 Å². The highest BCUT2D eigenvalue weighted by Crippen LogP contribution is 2.28. The van der Waals surface area contributed by atoms with Crippen LogP contribution in [0, 0.1) is 12.8 Å². The standard InChI is InChI=1S/C16H22O2/c1-11(2)5-6-12(3)7-8-14-10-15(17)9-13(4)16(14)18/h5,7-10,12,17-18H,6H2,1-4H3. The zero-order valence-corrected chi connectivity index (χ0v) is 11.6. The van der Waals surface area contributed by atoms with Gasteiger partial charge in [0.2, 0.25) is 0 Å². The first-order chi connectivity index (χ1) is 8.40. The van der Waals surface area contributed by atoms with Crippen molar-refractivity contribution in [3.63, 3.8) is 0 Å². The molecule has 0 spiro atoms. The SMILES string of the molecule is CC(C)=CCC(C)C=Cc1cc(O)cc(C)c1O. The van der Waals surface area contributed by atoms with E-state index in [1.165, 1.54) is 5.57 Å². The van der Waals surface area contributed by atoms with Crippen molar-refractivity contribution in [1.82, 2.24) is 0 Å². The van der Waals surface area contributed by atoms with Crippen LogP contribution in [0.4, 0.5) is 0 Å². The van der Waals surface area contributed by atoms with Crippen molar-refractivity contribution >= 4 is 6.08 Å². The summed E-state index contributed by atoms with van der Waals surface area (Å²) in [7, 11) is 0. The molecule has 18 heavy (non-hydrogen) atoms. The Bertz CT molecular complexity index is 466. The van der Waals surface area contributed by atoms with Crippen molar-refractivity contribution in [2.45, 2.75) is 34.1 Å². The number of phenolic OH excluding ortho intramolecular Hbond substituents is 2. The molecular weight excluding hydrogens is 224 g/mol. The molecule has 0 aromatic heterocycles. The summed E-state index contributed by atoms with van der Waals surface area (Å²) in [6.07, 6.45) is 7.10. The number of aryl methyl sites for hydroxylation is 1. The number of hydrogen-bond donors (Lipinski definition) is 2. The quantitative estimate of drug-likeness (QED) is 0.610. The van der Waals surface area contributed by atoms with E-state index in [0.29, 0.717) is 17.0 Å². The monoisotopic (exact) mass is 246 g/mol. The highest BCUT2D eigenvalue weighted by atomic mass is 16.3. The molecule has 1 atom stereocenters. The summed E-state index contributed by atoms with van der Waals surface area (Å²) in [4.78, 5) is 0. The topological polar surface area (TPSA) is 40.5 Å². The summed E-state index contributed by atoms with van der Waals surface area (Å²) < 4.78 is 0. The predicted molar refractivity (Wildman–Crippen MR) is 76.8 cm³/mol. The Kier molecular flexibility index (Phi) is 5.02. The van der Waals surface area contributed by atoms with E-state index in [4.69, 9.17) is 0 Å². The molecule has 0 aliphatic rings. The molecule has 2 N–H and O–H groups in total. The second kappa shape index (κ2) is 6.29. The van der Waals surface area contributed by atoms with Gasteiger partial charge in [-0.3, -0.25) is 0 Å². The molecule has 98 valence electrons. The maximum atomic E-state index is 9.88. The molecule has 0 radical (unpaired) electrons. The van der Waals surface area contributed by atoms with Crippen LogP contribution in [-0.2, 0) is 0 Å². The molecule has 2 nitrogen and oxygen atoms in total. The Hall–Kier alpha value is -1.70. The molecule has 1 aromatic carbocycles. The van der Waals surface area contributed by atoms with Gasteiger partial charge in [0.1, 0.15) is 11.5 Å². The lowest BCUT2D eigenvalue weighted by Crippen LogP contribution is -1.87. The molecular formula is C16H22O2. The molecule has 0 fully saturated rings. The van der Waals surface area contributed by atoms with E-state index in [9.17, 15) is 10.2 Å². The van der Waals surface area contributed by atoms with Gasteiger partial charge in [-0.25, -0.2) is 0 Å². The molecule has 0 saturated carbocycles. The van der Waals surface area contributed by atoms with Gasteiger partial charge in [0.05, 0.1) is 0 Å². The number of allylic oxidation sites excluding steroid dienone is 3. The fraction of sp³-hybridized carbons (Fsp3) is 0.375. The maximum absolute atomic E-state index is 9.88. The van der Waals surface area contributed by atoms with Crippen molar-refractivity contribution in [3.05, 3.63) is 41.0 Å². The molecule has 1 aromatic rings. The summed E-state index contributed by atoms with van der Waals surface area (Å²) in [6, 6.07) is 3.13. The van der Waals surface area contributed by atoms with Gasteiger partial charge in [-0.05, 0) is 50.8 Å². The van der Waals surface area contributed by atoms with Crippen LogP contribution in [0.1, 0.15) is 38.3 Å². The van der Waals surface area contributed by atoms with Crippen LogP contribution in [0.2, 0.25) is 0 Å². The van der Waals surface area contributed by atoms with Gasteiger partial charge >= 0.3 is 0 Å². The van der Waals surface area contributed by atoms with Crippen molar-refractivity contribution < 1.29 is 10.2 Å². The molecule has 1 unspecified atom stereocenters. The summed E-state index contributed by atoms with van der Waals surface area (Å²) in [5.41, 5.74) is 2.66. The van der Waals surface area contributed by atoms with Crippen molar-refractivity contribution in [2.24, 2.45) is 5.92 Å². The Balaban J connectivity index is 2.81. The van der Waals surface area contributed by atoms with Crippen LogP contribution >= 0.6 is 0 Å². The zero-order chi connectivity index (χ0) is 13.7. The number of rotatable bonds is 4. The Morgan fingerprint density at radius 3 is 2.56 bits per heavy atom. The number of benzene rings is 1. The Labute approximate surface area is 109 Å².